The quantitative estimate of drug-likeness (QED) is 0.161. The minimum atomic E-state index is 0.225. The summed E-state index contributed by atoms with van der Waals surface area (Å²) in [6.07, 6.45) is 30.2. The van der Waals surface area contributed by atoms with Crippen molar-refractivity contribution < 1.29 is 0 Å². The second kappa shape index (κ2) is 15.4. The van der Waals surface area contributed by atoms with Crippen LogP contribution in [0.25, 0.3) is 87.0 Å². The van der Waals surface area contributed by atoms with Crippen molar-refractivity contribution in [1.29, 1.82) is 0 Å². The molecule has 0 aliphatic heterocycles. The molecule has 5 heteroatoms. The van der Waals surface area contributed by atoms with Crippen LogP contribution in [0.4, 0.5) is 0 Å². The third kappa shape index (κ3) is 6.40. The van der Waals surface area contributed by atoms with E-state index in [1.807, 2.05) is 23.6 Å². The largest absolute Gasteiger partial charge is 0.309 e. The fourth-order valence-corrected chi connectivity index (χ4v) is 10.9. The Balaban J connectivity index is 1.09. The molecule has 9 aromatic rings. The molecular formula is C57H42N4S. The van der Waals surface area contributed by atoms with Crippen LogP contribution in [-0.2, 0) is 0 Å². The topological polar surface area (TPSA) is 43.6 Å². The summed E-state index contributed by atoms with van der Waals surface area (Å²) in [4.78, 5) is 15.5. The Morgan fingerprint density at radius 3 is 2.19 bits per heavy atom. The zero-order valence-corrected chi connectivity index (χ0v) is 35.0. The van der Waals surface area contributed by atoms with Crippen LogP contribution >= 0.6 is 11.3 Å². The lowest BCUT2D eigenvalue weighted by atomic mass is 9.91. The second-order valence-electron chi connectivity index (χ2n) is 16.5. The summed E-state index contributed by atoms with van der Waals surface area (Å²) in [5.74, 6) is 1.32. The van der Waals surface area contributed by atoms with E-state index in [1.165, 1.54) is 64.2 Å². The Labute approximate surface area is 365 Å². The molecule has 0 amide bonds. The fourth-order valence-electron chi connectivity index (χ4n) is 9.63. The van der Waals surface area contributed by atoms with Crippen molar-refractivity contribution in [2.24, 2.45) is 0 Å². The Morgan fingerprint density at radius 1 is 0.597 bits per heavy atom. The molecule has 3 aliphatic rings. The van der Waals surface area contributed by atoms with Gasteiger partial charge in [0.2, 0.25) is 0 Å². The van der Waals surface area contributed by atoms with Crippen LogP contribution < -0.4 is 0 Å². The molecule has 0 saturated heterocycles. The van der Waals surface area contributed by atoms with Crippen LogP contribution in [0, 0.1) is 0 Å². The summed E-state index contributed by atoms with van der Waals surface area (Å²) in [7, 11) is 0. The van der Waals surface area contributed by atoms with E-state index in [0.29, 0.717) is 5.92 Å². The van der Waals surface area contributed by atoms with Crippen molar-refractivity contribution in [3.63, 3.8) is 0 Å². The Kier molecular flexibility index (Phi) is 9.07. The number of hydrogen-bond donors (Lipinski definition) is 0. The molecule has 4 nitrogen and oxygen atoms in total. The average molecular weight is 815 g/mol. The molecule has 4 aromatic heterocycles. The SMILES string of the molecule is C1=CCCC(c2cc(C3C=CC=CC3)nc(-c3ccc(-n4c5ccc(C6C=CC=CC6)cc5c5c6sc7ccc(-c8ccccc8)cc7c6cc(-c6ccccn6)c54)cc3)n2)=C1. The van der Waals surface area contributed by atoms with Gasteiger partial charge < -0.3 is 4.57 Å². The normalized spacial score (nSPS) is 17.2. The van der Waals surface area contributed by atoms with Gasteiger partial charge in [-0.1, -0.05) is 115 Å². The van der Waals surface area contributed by atoms with E-state index >= 15 is 0 Å². The van der Waals surface area contributed by atoms with Gasteiger partial charge in [-0.15, -0.1) is 11.3 Å². The summed E-state index contributed by atoms with van der Waals surface area (Å²) in [5, 5.41) is 5.06. The number of rotatable bonds is 7. The van der Waals surface area contributed by atoms with Crippen molar-refractivity contribution in [2.75, 3.05) is 0 Å². The van der Waals surface area contributed by atoms with Gasteiger partial charge in [-0.25, -0.2) is 9.97 Å². The highest BCUT2D eigenvalue weighted by atomic mass is 32.1. The standard InChI is InChI=1S/C57H42N4S/c1-5-15-37(16-6-1)42-26-30-52-48(34-42)54-55(47(49-23-13-14-32-58-49)35-46-45-33-43(38-17-7-2-8-18-38)27-31-53(45)62-56(46)54)61(52)44-28-24-41(25-29-44)57-59-50(39-19-9-3-10-20-39)36-51(60-57)40-21-11-4-12-22-40/h1-11,13-15,17-19,21,23-37,39H,12,16,20,22H2. The molecule has 2 atom stereocenters. The lowest BCUT2D eigenvalue weighted by Gasteiger charge is -2.17. The number of pyridine rings is 1. The van der Waals surface area contributed by atoms with Crippen LogP contribution in [0.5, 0.6) is 0 Å². The number of fused-ring (bicyclic) bond motifs is 7. The monoisotopic (exact) mass is 814 g/mol. The second-order valence-corrected chi connectivity index (χ2v) is 17.6. The highest BCUT2D eigenvalue weighted by molar-refractivity contribution is 7.26. The van der Waals surface area contributed by atoms with Gasteiger partial charge in [-0.3, -0.25) is 4.98 Å². The molecule has 62 heavy (non-hydrogen) atoms. The summed E-state index contributed by atoms with van der Waals surface area (Å²) < 4.78 is 5.05. The average Bonchev–Trinajstić information content (AvgIpc) is 3.90. The van der Waals surface area contributed by atoms with Gasteiger partial charge in [0.25, 0.3) is 0 Å². The van der Waals surface area contributed by atoms with E-state index in [9.17, 15) is 0 Å². The molecule has 2 unspecified atom stereocenters. The molecule has 0 fully saturated rings. The predicted octanol–water partition coefficient (Wildman–Crippen LogP) is 15.3. The first kappa shape index (κ1) is 36.6. The third-order valence-electron chi connectivity index (χ3n) is 12.8. The Hall–Kier alpha value is -7.21. The number of nitrogens with zero attached hydrogens (tertiary/aromatic N) is 4. The highest BCUT2D eigenvalue weighted by Crippen LogP contribution is 2.48. The van der Waals surface area contributed by atoms with Gasteiger partial charge in [0.15, 0.2) is 5.82 Å². The maximum atomic E-state index is 5.24. The highest BCUT2D eigenvalue weighted by Gasteiger charge is 2.24. The molecule has 5 aromatic carbocycles. The minimum absolute atomic E-state index is 0.225. The zero-order chi connectivity index (χ0) is 41.0. The summed E-state index contributed by atoms with van der Waals surface area (Å²) in [5.41, 5.74) is 13.6. The molecule has 0 radical (unpaired) electrons. The summed E-state index contributed by atoms with van der Waals surface area (Å²) in [6.45, 7) is 0. The van der Waals surface area contributed by atoms with Crippen LogP contribution in [0.2, 0.25) is 0 Å². The van der Waals surface area contributed by atoms with E-state index in [2.05, 4.69) is 187 Å². The first-order chi connectivity index (χ1) is 30.7. The third-order valence-corrected chi connectivity index (χ3v) is 14.0. The minimum Gasteiger partial charge on any atom is -0.309 e. The van der Waals surface area contributed by atoms with Gasteiger partial charge in [-0.05, 0) is 121 Å². The van der Waals surface area contributed by atoms with Crippen LogP contribution in [0.3, 0.4) is 0 Å². The lowest BCUT2D eigenvalue weighted by Crippen LogP contribution is -2.06. The van der Waals surface area contributed by atoms with E-state index in [-0.39, 0.29) is 5.92 Å². The van der Waals surface area contributed by atoms with Crippen LogP contribution in [0.1, 0.15) is 54.5 Å². The predicted molar refractivity (Wildman–Crippen MR) is 261 cm³/mol. The van der Waals surface area contributed by atoms with E-state index in [1.54, 1.807) is 0 Å². The molecule has 12 rings (SSSR count). The van der Waals surface area contributed by atoms with Gasteiger partial charge >= 0.3 is 0 Å². The fraction of sp³-hybridized carbons (Fsp3) is 0.105. The lowest BCUT2D eigenvalue weighted by molar-refractivity contribution is 0.808. The van der Waals surface area contributed by atoms with Crippen LogP contribution in [0.15, 0.2) is 194 Å². The van der Waals surface area contributed by atoms with Crippen molar-refractivity contribution in [2.45, 2.75) is 37.5 Å². The number of allylic oxidation sites excluding steroid dienone is 12. The zero-order valence-electron chi connectivity index (χ0n) is 34.2. The Morgan fingerprint density at radius 2 is 1.42 bits per heavy atom. The van der Waals surface area contributed by atoms with Gasteiger partial charge in [-0.2, -0.15) is 0 Å². The van der Waals surface area contributed by atoms with E-state index in [0.717, 1.165) is 65.4 Å². The molecular weight excluding hydrogens is 773 g/mol. The summed E-state index contributed by atoms with van der Waals surface area (Å²) in [6, 6.07) is 44.6. The maximum Gasteiger partial charge on any atom is 0.160 e. The number of hydrogen-bond acceptors (Lipinski definition) is 4. The molecule has 0 saturated carbocycles. The number of thiophene rings is 1. The van der Waals surface area contributed by atoms with Gasteiger partial charge in [0.05, 0.1) is 28.1 Å². The van der Waals surface area contributed by atoms with Crippen molar-refractivity contribution >= 4 is 58.9 Å². The Bertz CT molecular complexity index is 3400. The van der Waals surface area contributed by atoms with Crippen LogP contribution in [-0.4, -0.2) is 19.5 Å². The maximum absolute atomic E-state index is 5.24. The van der Waals surface area contributed by atoms with Crippen molar-refractivity contribution in [3.8, 4) is 39.5 Å². The summed E-state index contributed by atoms with van der Waals surface area (Å²) >= 11 is 1.90. The number of benzene rings is 5. The first-order valence-electron chi connectivity index (χ1n) is 21.7. The molecule has 0 N–H and O–H groups in total. The molecule has 4 heterocycles. The number of aromatic nitrogens is 4. The van der Waals surface area contributed by atoms with E-state index in [4.69, 9.17) is 15.0 Å². The van der Waals surface area contributed by atoms with Crippen molar-refractivity contribution in [3.05, 3.63) is 211 Å². The molecule has 0 spiro atoms. The van der Waals surface area contributed by atoms with E-state index < -0.39 is 0 Å². The van der Waals surface area contributed by atoms with Gasteiger partial charge in [0, 0.05) is 65.8 Å². The smallest absolute Gasteiger partial charge is 0.160 e. The molecule has 296 valence electrons. The molecule has 0 bridgehead atoms. The van der Waals surface area contributed by atoms with Crippen molar-refractivity contribution in [1.82, 2.24) is 19.5 Å². The van der Waals surface area contributed by atoms with Gasteiger partial charge in [0.1, 0.15) is 0 Å². The first-order valence-corrected chi connectivity index (χ1v) is 22.5. The molecule has 3 aliphatic carbocycles.